The predicted octanol–water partition coefficient (Wildman–Crippen LogP) is 2.77. The van der Waals surface area contributed by atoms with Gasteiger partial charge in [0.1, 0.15) is 5.82 Å². The molecule has 1 aromatic heterocycles. The molecule has 1 heterocycles. The molecule has 0 fully saturated rings. The second-order valence-electron chi connectivity index (χ2n) is 3.77. The standard InChI is InChI=1S/C11H14F3NO/c1-3-7(2)9-4-8(12)5-15(11(9)16)6-10(13)14/h4-5,7,10H,3,6H2,1-2H3. The number of alkyl halides is 2. The zero-order valence-electron chi connectivity index (χ0n) is 9.21. The highest BCUT2D eigenvalue weighted by Gasteiger charge is 2.14. The minimum Gasteiger partial charge on any atom is -0.307 e. The molecule has 1 aromatic rings. The summed E-state index contributed by atoms with van der Waals surface area (Å²) in [4.78, 5) is 11.7. The summed E-state index contributed by atoms with van der Waals surface area (Å²) in [6.45, 7) is 2.86. The van der Waals surface area contributed by atoms with Gasteiger partial charge in [0.15, 0.2) is 0 Å². The van der Waals surface area contributed by atoms with Crippen molar-refractivity contribution >= 4 is 0 Å². The fourth-order valence-corrected chi connectivity index (χ4v) is 1.48. The minimum atomic E-state index is -2.66. The van der Waals surface area contributed by atoms with Crippen molar-refractivity contribution < 1.29 is 13.2 Å². The topological polar surface area (TPSA) is 22.0 Å². The van der Waals surface area contributed by atoms with Gasteiger partial charge in [0, 0.05) is 11.8 Å². The Labute approximate surface area is 91.7 Å². The maximum absolute atomic E-state index is 13.2. The summed E-state index contributed by atoms with van der Waals surface area (Å²) in [6, 6.07) is 1.12. The summed E-state index contributed by atoms with van der Waals surface area (Å²) in [5.74, 6) is -0.789. The highest BCUT2D eigenvalue weighted by atomic mass is 19.3. The van der Waals surface area contributed by atoms with Crippen LogP contribution in [0.25, 0.3) is 0 Å². The van der Waals surface area contributed by atoms with E-state index in [4.69, 9.17) is 0 Å². The van der Waals surface area contributed by atoms with Gasteiger partial charge >= 0.3 is 0 Å². The average Bonchev–Trinajstić information content (AvgIpc) is 2.21. The number of pyridine rings is 1. The SMILES string of the molecule is CCC(C)c1cc(F)cn(CC(F)F)c1=O. The number of nitrogens with zero attached hydrogens (tertiary/aromatic N) is 1. The fraction of sp³-hybridized carbons (Fsp3) is 0.545. The van der Waals surface area contributed by atoms with Crippen molar-refractivity contribution in [3.63, 3.8) is 0 Å². The van der Waals surface area contributed by atoms with Crippen LogP contribution < -0.4 is 5.56 Å². The van der Waals surface area contributed by atoms with Crippen LogP contribution in [-0.2, 0) is 6.54 Å². The van der Waals surface area contributed by atoms with Gasteiger partial charge in [0.05, 0.1) is 6.54 Å². The van der Waals surface area contributed by atoms with Crippen LogP contribution in [0.5, 0.6) is 0 Å². The molecule has 0 radical (unpaired) electrons. The monoisotopic (exact) mass is 233 g/mol. The average molecular weight is 233 g/mol. The van der Waals surface area contributed by atoms with E-state index in [-0.39, 0.29) is 11.5 Å². The maximum Gasteiger partial charge on any atom is 0.256 e. The largest absolute Gasteiger partial charge is 0.307 e. The number of halogens is 3. The second kappa shape index (κ2) is 5.18. The van der Waals surface area contributed by atoms with E-state index in [9.17, 15) is 18.0 Å². The van der Waals surface area contributed by atoms with Gasteiger partial charge in [-0.25, -0.2) is 13.2 Å². The van der Waals surface area contributed by atoms with Crippen LogP contribution in [0, 0.1) is 5.82 Å². The highest BCUT2D eigenvalue weighted by Crippen LogP contribution is 2.15. The van der Waals surface area contributed by atoms with E-state index in [1.54, 1.807) is 6.92 Å². The molecule has 5 heteroatoms. The Morgan fingerprint density at radius 2 is 2.06 bits per heavy atom. The van der Waals surface area contributed by atoms with Crippen LogP contribution in [0.3, 0.4) is 0 Å². The Balaban J connectivity index is 3.21. The molecule has 1 unspecified atom stereocenters. The first-order valence-electron chi connectivity index (χ1n) is 5.13. The molecular weight excluding hydrogens is 219 g/mol. The molecule has 0 aliphatic rings. The third-order valence-corrected chi connectivity index (χ3v) is 2.56. The Morgan fingerprint density at radius 3 is 2.56 bits per heavy atom. The molecule has 0 saturated carbocycles. The van der Waals surface area contributed by atoms with E-state index in [2.05, 4.69) is 0 Å². The van der Waals surface area contributed by atoms with Crippen LogP contribution in [-0.4, -0.2) is 11.0 Å². The normalized spacial score (nSPS) is 13.1. The van der Waals surface area contributed by atoms with Crippen LogP contribution in [0.1, 0.15) is 31.7 Å². The molecule has 2 nitrogen and oxygen atoms in total. The molecule has 0 aliphatic carbocycles. The highest BCUT2D eigenvalue weighted by molar-refractivity contribution is 5.16. The molecule has 0 aromatic carbocycles. The zero-order valence-corrected chi connectivity index (χ0v) is 9.21. The fourth-order valence-electron chi connectivity index (χ4n) is 1.48. The lowest BCUT2D eigenvalue weighted by Crippen LogP contribution is -2.27. The zero-order chi connectivity index (χ0) is 12.3. The molecule has 0 N–H and O–H groups in total. The lowest BCUT2D eigenvalue weighted by Gasteiger charge is -2.12. The Hall–Kier alpha value is -1.26. The van der Waals surface area contributed by atoms with E-state index in [0.717, 1.165) is 16.8 Å². The van der Waals surface area contributed by atoms with Crippen molar-refractivity contribution in [2.75, 3.05) is 0 Å². The van der Waals surface area contributed by atoms with Crippen LogP contribution >= 0.6 is 0 Å². The second-order valence-corrected chi connectivity index (χ2v) is 3.77. The van der Waals surface area contributed by atoms with Crippen molar-refractivity contribution in [3.05, 3.63) is 34.0 Å². The molecule has 0 aliphatic heterocycles. The lowest BCUT2D eigenvalue weighted by molar-refractivity contribution is 0.124. The predicted molar refractivity (Wildman–Crippen MR) is 55.4 cm³/mol. The van der Waals surface area contributed by atoms with Crippen LogP contribution in [0.4, 0.5) is 13.2 Å². The molecular formula is C11H14F3NO. The summed E-state index contributed by atoms with van der Waals surface area (Å²) in [6.07, 6.45) is -1.18. The molecule has 0 bridgehead atoms. The Morgan fingerprint density at radius 1 is 1.44 bits per heavy atom. The summed E-state index contributed by atoms with van der Waals surface area (Å²) in [5, 5.41) is 0. The number of rotatable bonds is 4. The summed E-state index contributed by atoms with van der Waals surface area (Å²) >= 11 is 0. The van der Waals surface area contributed by atoms with Crippen molar-refractivity contribution in [1.82, 2.24) is 4.57 Å². The van der Waals surface area contributed by atoms with E-state index in [1.165, 1.54) is 0 Å². The van der Waals surface area contributed by atoms with Gasteiger partial charge in [-0.2, -0.15) is 0 Å². The molecule has 0 spiro atoms. The third-order valence-electron chi connectivity index (χ3n) is 2.56. The van der Waals surface area contributed by atoms with E-state index in [1.807, 2.05) is 6.92 Å². The summed E-state index contributed by atoms with van der Waals surface area (Å²) in [5.41, 5.74) is -0.279. The Bertz CT molecular complexity index is 414. The number of hydrogen-bond donors (Lipinski definition) is 0. The lowest BCUT2D eigenvalue weighted by atomic mass is 10.0. The van der Waals surface area contributed by atoms with Gasteiger partial charge < -0.3 is 4.57 Å². The molecule has 90 valence electrons. The first kappa shape index (κ1) is 12.8. The molecule has 0 amide bonds. The smallest absolute Gasteiger partial charge is 0.256 e. The van der Waals surface area contributed by atoms with Gasteiger partial charge in [-0.1, -0.05) is 13.8 Å². The Kier molecular flexibility index (Phi) is 4.15. The van der Waals surface area contributed by atoms with Crippen molar-refractivity contribution in [2.24, 2.45) is 0 Å². The van der Waals surface area contributed by atoms with Gasteiger partial charge in [0.2, 0.25) is 0 Å². The van der Waals surface area contributed by atoms with E-state index >= 15 is 0 Å². The molecule has 0 saturated heterocycles. The molecule has 1 atom stereocenters. The molecule has 1 rings (SSSR count). The summed E-state index contributed by atoms with van der Waals surface area (Å²) < 4.78 is 38.2. The van der Waals surface area contributed by atoms with Gasteiger partial charge in [0.25, 0.3) is 12.0 Å². The van der Waals surface area contributed by atoms with Gasteiger partial charge in [-0.3, -0.25) is 4.79 Å². The maximum atomic E-state index is 13.2. The minimum absolute atomic E-state index is 0.132. The van der Waals surface area contributed by atoms with Crippen molar-refractivity contribution in [3.8, 4) is 0 Å². The van der Waals surface area contributed by atoms with E-state index < -0.39 is 24.3 Å². The summed E-state index contributed by atoms with van der Waals surface area (Å²) in [7, 11) is 0. The first-order valence-corrected chi connectivity index (χ1v) is 5.13. The third kappa shape index (κ3) is 2.87. The van der Waals surface area contributed by atoms with Crippen LogP contribution in [0.2, 0.25) is 0 Å². The van der Waals surface area contributed by atoms with Crippen molar-refractivity contribution in [2.45, 2.75) is 39.2 Å². The molecule has 16 heavy (non-hydrogen) atoms. The van der Waals surface area contributed by atoms with Crippen LogP contribution in [0.15, 0.2) is 17.1 Å². The van der Waals surface area contributed by atoms with Crippen molar-refractivity contribution in [1.29, 1.82) is 0 Å². The van der Waals surface area contributed by atoms with Gasteiger partial charge in [-0.05, 0) is 18.4 Å². The number of hydrogen-bond acceptors (Lipinski definition) is 1. The van der Waals surface area contributed by atoms with Gasteiger partial charge in [-0.15, -0.1) is 0 Å². The number of aromatic nitrogens is 1. The first-order chi connectivity index (χ1) is 7.45. The van der Waals surface area contributed by atoms with E-state index in [0.29, 0.717) is 6.42 Å². The quantitative estimate of drug-likeness (QED) is 0.783.